The highest BCUT2D eigenvalue weighted by Crippen LogP contribution is 2.17. The van der Waals surface area contributed by atoms with E-state index in [1.54, 1.807) is 12.1 Å². The first-order valence-corrected chi connectivity index (χ1v) is 5.53. The van der Waals surface area contributed by atoms with E-state index in [2.05, 4.69) is 17.2 Å². The molecule has 0 saturated carbocycles. The van der Waals surface area contributed by atoms with E-state index >= 15 is 0 Å². The van der Waals surface area contributed by atoms with E-state index in [4.69, 9.17) is 5.11 Å². The lowest BCUT2D eigenvalue weighted by Gasteiger charge is -2.10. The number of carboxylic acids is 1. The maximum Gasteiger partial charge on any atom is 0.335 e. The number of nitrogens with one attached hydrogen (secondary N) is 1. The molecule has 4 heteroatoms. The van der Waals surface area contributed by atoms with Gasteiger partial charge >= 0.3 is 5.97 Å². The Kier molecular flexibility index (Phi) is 4.28. The summed E-state index contributed by atoms with van der Waals surface area (Å²) in [4.78, 5) is 15.3. The number of pyridine rings is 1. The summed E-state index contributed by atoms with van der Waals surface area (Å²) in [6.45, 7) is 6.85. The summed E-state index contributed by atoms with van der Waals surface area (Å²) < 4.78 is 0. The minimum Gasteiger partial charge on any atom is -0.478 e. The number of aromatic carboxylic acids is 1. The van der Waals surface area contributed by atoms with Crippen molar-refractivity contribution in [1.29, 1.82) is 0 Å². The quantitative estimate of drug-likeness (QED) is 0.804. The standard InChI is InChI=1S/C12H18N2O2/c1-4-5-13-11-7-9(12(15)16)6-10(14-11)8(2)3/h6-8H,4-5H2,1-3H3,(H,13,14)(H,15,16). The Morgan fingerprint density at radius 3 is 2.69 bits per heavy atom. The predicted molar refractivity (Wildman–Crippen MR) is 64.1 cm³/mol. The van der Waals surface area contributed by atoms with Crippen molar-refractivity contribution in [3.8, 4) is 0 Å². The third kappa shape index (κ3) is 3.22. The molecule has 0 spiro atoms. The van der Waals surface area contributed by atoms with Crippen LogP contribution in [-0.2, 0) is 0 Å². The van der Waals surface area contributed by atoms with Crippen molar-refractivity contribution in [2.24, 2.45) is 0 Å². The summed E-state index contributed by atoms with van der Waals surface area (Å²) in [6, 6.07) is 3.20. The van der Waals surface area contributed by atoms with E-state index in [-0.39, 0.29) is 11.5 Å². The van der Waals surface area contributed by atoms with Gasteiger partial charge in [-0.3, -0.25) is 0 Å². The van der Waals surface area contributed by atoms with Crippen molar-refractivity contribution >= 4 is 11.8 Å². The smallest absolute Gasteiger partial charge is 0.335 e. The van der Waals surface area contributed by atoms with E-state index in [1.165, 1.54) is 0 Å². The van der Waals surface area contributed by atoms with E-state index in [9.17, 15) is 4.79 Å². The van der Waals surface area contributed by atoms with Gasteiger partial charge in [-0.2, -0.15) is 0 Å². The molecular formula is C12H18N2O2. The van der Waals surface area contributed by atoms with Gasteiger partial charge in [0.25, 0.3) is 0 Å². The van der Waals surface area contributed by atoms with E-state index in [0.717, 1.165) is 18.7 Å². The van der Waals surface area contributed by atoms with Crippen molar-refractivity contribution in [3.05, 3.63) is 23.4 Å². The maximum absolute atomic E-state index is 10.9. The Morgan fingerprint density at radius 2 is 2.19 bits per heavy atom. The van der Waals surface area contributed by atoms with Gasteiger partial charge in [0.2, 0.25) is 0 Å². The van der Waals surface area contributed by atoms with Crippen molar-refractivity contribution in [3.63, 3.8) is 0 Å². The molecule has 1 rings (SSSR count). The molecule has 1 aromatic heterocycles. The molecule has 0 aromatic carbocycles. The molecule has 2 N–H and O–H groups in total. The molecule has 0 radical (unpaired) electrons. The number of hydrogen-bond acceptors (Lipinski definition) is 3. The molecule has 0 aliphatic rings. The van der Waals surface area contributed by atoms with E-state index < -0.39 is 5.97 Å². The molecule has 1 heterocycles. The van der Waals surface area contributed by atoms with Crippen LogP contribution in [0.25, 0.3) is 0 Å². The lowest BCUT2D eigenvalue weighted by molar-refractivity contribution is 0.0696. The summed E-state index contributed by atoms with van der Waals surface area (Å²) in [5.74, 6) is -0.0456. The molecule has 16 heavy (non-hydrogen) atoms. The average molecular weight is 222 g/mol. The largest absolute Gasteiger partial charge is 0.478 e. The Hall–Kier alpha value is -1.58. The van der Waals surface area contributed by atoms with Crippen LogP contribution in [0.15, 0.2) is 12.1 Å². The fraction of sp³-hybridized carbons (Fsp3) is 0.500. The molecule has 0 amide bonds. The first kappa shape index (κ1) is 12.5. The lowest BCUT2D eigenvalue weighted by Crippen LogP contribution is -2.07. The van der Waals surface area contributed by atoms with Gasteiger partial charge in [0.05, 0.1) is 5.56 Å². The summed E-state index contributed by atoms with van der Waals surface area (Å²) in [5, 5.41) is 12.1. The third-order valence-electron chi connectivity index (χ3n) is 2.24. The molecule has 0 bridgehead atoms. The second-order valence-electron chi connectivity index (χ2n) is 4.05. The SMILES string of the molecule is CCCNc1cc(C(=O)O)cc(C(C)C)n1. The number of hydrogen-bond donors (Lipinski definition) is 2. The van der Waals surface area contributed by atoms with Crippen molar-refractivity contribution < 1.29 is 9.90 Å². The molecular weight excluding hydrogens is 204 g/mol. The van der Waals surface area contributed by atoms with Crippen LogP contribution in [0.2, 0.25) is 0 Å². The normalized spacial score (nSPS) is 10.5. The topological polar surface area (TPSA) is 62.2 Å². The monoisotopic (exact) mass is 222 g/mol. The molecule has 0 aliphatic heterocycles. The van der Waals surface area contributed by atoms with Crippen LogP contribution in [-0.4, -0.2) is 22.6 Å². The number of anilines is 1. The fourth-order valence-corrected chi connectivity index (χ4v) is 1.31. The van der Waals surface area contributed by atoms with E-state index in [1.807, 2.05) is 13.8 Å². The second kappa shape index (κ2) is 5.49. The van der Waals surface area contributed by atoms with Crippen LogP contribution in [0.4, 0.5) is 5.82 Å². The lowest BCUT2D eigenvalue weighted by atomic mass is 10.1. The van der Waals surface area contributed by atoms with Gasteiger partial charge in [-0.15, -0.1) is 0 Å². The molecule has 0 aliphatic carbocycles. The zero-order chi connectivity index (χ0) is 12.1. The van der Waals surface area contributed by atoms with Gasteiger partial charge in [0.1, 0.15) is 5.82 Å². The van der Waals surface area contributed by atoms with Crippen LogP contribution >= 0.6 is 0 Å². The Balaban J connectivity index is 3.03. The highest BCUT2D eigenvalue weighted by atomic mass is 16.4. The van der Waals surface area contributed by atoms with Gasteiger partial charge in [-0.1, -0.05) is 20.8 Å². The number of aromatic nitrogens is 1. The predicted octanol–water partition coefficient (Wildman–Crippen LogP) is 2.73. The molecule has 0 saturated heterocycles. The van der Waals surface area contributed by atoms with Gasteiger partial charge < -0.3 is 10.4 Å². The Labute approximate surface area is 95.7 Å². The molecule has 0 unspecified atom stereocenters. The highest BCUT2D eigenvalue weighted by Gasteiger charge is 2.10. The molecule has 0 fully saturated rings. The zero-order valence-electron chi connectivity index (χ0n) is 9.95. The average Bonchev–Trinajstić information content (AvgIpc) is 2.25. The second-order valence-corrected chi connectivity index (χ2v) is 4.05. The van der Waals surface area contributed by atoms with Crippen molar-refractivity contribution in [1.82, 2.24) is 4.98 Å². The number of carboxylic acid groups (broad SMARTS) is 1. The zero-order valence-corrected chi connectivity index (χ0v) is 9.95. The Morgan fingerprint density at radius 1 is 1.50 bits per heavy atom. The molecule has 88 valence electrons. The third-order valence-corrected chi connectivity index (χ3v) is 2.24. The number of rotatable bonds is 5. The van der Waals surface area contributed by atoms with Crippen LogP contribution < -0.4 is 5.32 Å². The minimum atomic E-state index is -0.913. The minimum absolute atomic E-state index is 0.224. The van der Waals surface area contributed by atoms with E-state index in [0.29, 0.717) is 5.82 Å². The molecule has 0 atom stereocenters. The number of nitrogens with zero attached hydrogens (tertiary/aromatic N) is 1. The van der Waals surface area contributed by atoms with Gasteiger partial charge in [-0.25, -0.2) is 9.78 Å². The van der Waals surface area contributed by atoms with Gasteiger partial charge in [-0.05, 0) is 24.5 Å². The van der Waals surface area contributed by atoms with Crippen molar-refractivity contribution in [2.75, 3.05) is 11.9 Å². The summed E-state index contributed by atoms with van der Waals surface area (Å²) in [5.41, 5.74) is 1.09. The summed E-state index contributed by atoms with van der Waals surface area (Å²) in [7, 11) is 0. The van der Waals surface area contributed by atoms with Crippen LogP contribution in [0.1, 0.15) is 49.2 Å². The molecule has 4 nitrogen and oxygen atoms in total. The number of carbonyl (C=O) groups is 1. The first-order valence-electron chi connectivity index (χ1n) is 5.53. The fourth-order valence-electron chi connectivity index (χ4n) is 1.31. The van der Waals surface area contributed by atoms with Gasteiger partial charge in [0, 0.05) is 12.2 Å². The molecule has 1 aromatic rings. The maximum atomic E-state index is 10.9. The van der Waals surface area contributed by atoms with Crippen LogP contribution in [0.3, 0.4) is 0 Å². The first-order chi connectivity index (χ1) is 7.54. The van der Waals surface area contributed by atoms with Crippen LogP contribution in [0.5, 0.6) is 0 Å². The Bertz CT molecular complexity index is 375. The van der Waals surface area contributed by atoms with Gasteiger partial charge in [0.15, 0.2) is 0 Å². The summed E-state index contributed by atoms with van der Waals surface area (Å²) >= 11 is 0. The highest BCUT2D eigenvalue weighted by molar-refractivity contribution is 5.88. The summed E-state index contributed by atoms with van der Waals surface area (Å²) in [6.07, 6.45) is 0.982. The van der Waals surface area contributed by atoms with Crippen LogP contribution in [0, 0.1) is 0 Å². The van der Waals surface area contributed by atoms with Crippen molar-refractivity contribution in [2.45, 2.75) is 33.1 Å².